The van der Waals surface area contributed by atoms with Gasteiger partial charge >= 0.3 is 0 Å². The number of carbonyl (C=O) groups is 1. The van der Waals surface area contributed by atoms with Crippen LogP contribution in [0.5, 0.6) is 0 Å². The predicted octanol–water partition coefficient (Wildman–Crippen LogP) is 1.93. The van der Waals surface area contributed by atoms with Crippen LogP contribution in [0.3, 0.4) is 0 Å². The Kier molecular flexibility index (Phi) is 5.05. The average Bonchev–Trinajstić information content (AvgIpc) is 2.17. The van der Waals surface area contributed by atoms with E-state index in [1.165, 1.54) is 5.56 Å². The van der Waals surface area contributed by atoms with E-state index in [1.807, 2.05) is 13.0 Å². The molecular weight excluding hydrogens is 281 g/mol. The molecule has 0 bridgehead atoms. The molecule has 2 rings (SSSR count). The fourth-order valence-electron chi connectivity index (χ4n) is 1.77. The van der Waals surface area contributed by atoms with Crippen LogP contribution < -0.4 is 5.48 Å². The van der Waals surface area contributed by atoms with Gasteiger partial charge in [0.2, 0.25) is 0 Å². The molecule has 1 amide bonds. The van der Waals surface area contributed by atoms with E-state index >= 15 is 0 Å². The van der Waals surface area contributed by atoms with Crippen LogP contribution in [0.25, 0.3) is 5.32 Å². The van der Waals surface area contributed by atoms with Crippen molar-refractivity contribution < 1.29 is 42.7 Å². The molecule has 0 aromatic heterocycles. The summed E-state index contributed by atoms with van der Waals surface area (Å²) in [5.41, 5.74) is 4.32. The topological polar surface area (TPSA) is 63.4 Å². The van der Waals surface area contributed by atoms with Crippen LogP contribution >= 0.6 is 0 Å². The third-order valence-electron chi connectivity index (χ3n) is 2.74. The molecule has 0 saturated carbocycles. The molecule has 1 radical (unpaired) electrons. The number of amides is 1. The van der Waals surface area contributed by atoms with Crippen LogP contribution in [0.4, 0.5) is 0 Å². The number of carbonyl (C=O) groups excluding carboxylic acids is 1. The molecule has 1 saturated heterocycles. The van der Waals surface area contributed by atoms with Crippen LogP contribution in [-0.4, -0.2) is 17.7 Å². The van der Waals surface area contributed by atoms with Gasteiger partial charge in [0.15, 0.2) is 0 Å². The third-order valence-corrected chi connectivity index (χ3v) is 2.74. The maximum atomic E-state index is 11.1. The number of hydroxylamine groups is 1. The molecule has 1 aliphatic heterocycles. The summed E-state index contributed by atoms with van der Waals surface area (Å²) in [5.74, 6) is -0.477. The Morgan fingerprint density at radius 1 is 1.56 bits per heavy atom. The number of rotatable bonds is 2. The zero-order valence-corrected chi connectivity index (χ0v) is 11.9. The largest absolute Gasteiger partial charge is 0.656 e. The standard InChI is InChI=1S/C11H13N2O2.Y/c1-7-6-8(11(14)13-15)2-3-9(7)10-4-5-12-10;/h2-3,6,10,15H,4-5H2,1H3,(H,13,14);/q-1;. The summed E-state index contributed by atoms with van der Waals surface area (Å²) in [6.45, 7) is 2.89. The maximum absolute atomic E-state index is 11.1. The minimum atomic E-state index is -0.477. The molecule has 1 fully saturated rings. The number of benzene rings is 1. The number of nitrogens with zero attached hydrogens (tertiary/aromatic N) is 1. The Labute approximate surface area is 120 Å². The van der Waals surface area contributed by atoms with Crippen LogP contribution in [0, 0.1) is 6.92 Å². The van der Waals surface area contributed by atoms with Crippen LogP contribution in [0.2, 0.25) is 0 Å². The van der Waals surface area contributed by atoms with Gasteiger partial charge in [0, 0.05) is 38.3 Å². The van der Waals surface area contributed by atoms with Gasteiger partial charge in [0.25, 0.3) is 5.91 Å². The van der Waals surface area contributed by atoms with E-state index in [0.717, 1.165) is 18.5 Å². The SMILES string of the molecule is Cc1cc(C(=O)NO)ccc1C1CC[N-]1.[Y]. The first-order valence-electron chi connectivity index (χ1n) is 4.94. The summed E-state index contributed by atoms with van der Waals surface area (Å²) in [6.07, 6.45) is 1.09. The van der Waals surface area contributed by atoms with Crippen molar-refractivity contribution in [2.45, 2.75) is 19.4 Å². The van der Waals surface area contributed by atoms with E-state index in [9.17, 15) is 4.79 Å². The van der Waals surface area contributed by atoms with Gasteiger partial charge in [-0.05, 0) is 24.6 Å². The molecule has 1 unspecified atom stereocenters. The van der Waals surface area contributed by atoms with Gasteiger partial charge in [-0.3, -0.25) is 10.0 Å². The fraction of sp³-hybridized carbons (Fsp3) is 0.364. The van der Waals surface area contributed by atoms with Gasteiger partial charge in [-0.2, -0.15) is 0 Å². The number of nitrogens with one attached hydrogen (secondary N) is 1. The minimum absolute atomic E-state index is 0. The van der Waals surface area contributed by atoms with E-state index in [2.05, 4.69) is 5.32 Å². The van der Waals surface area contributed by atoms with Crippen molar-refractivity contribution in [3.05, 3.63) is 40.2 Å². The van der Waals surface area contributed by atoms with E-state index in [1.54, 1.807) is 17.6 Å². The van der Waals surface area contributed by atoms with Crippen molar-refractivity contribution >= 4 is 5.91 Å². The van der Waals surface area contributed by atoms with E-state index in [-0.39, 0.29) is 32.7 Å². The van der Waals surface area contributed by atoms with Crippen LogP contribution in [0.1, 0.15) is 33.9 Å². The Bertz CT molecular complexity index is 392. The number of aryl methyl sites for hydroxylation is 1. The first kappa shape index (κ1) is 13.8. The van der Waals surface area contributed by atoms with Gasteiger partial charge in [-0.25, -0.2) is 5.48 Å². The molecule has 0 spiro atoms. The van der Waals surface area contributed by atoms with Crippen molar-refractivity contribution in [3.8, 4) is 0 Å². The quantitative estimate of drug-likeness (QED) is 0.646. The zero-order valence-electron chi connectivity index (χ0n) is 9.10. The maximum Gasteiger partial charge on any atom is 0.274 e. The van der Waals surface area contributed by atoms with Crippen LogP contribution in [-0.2, 0) is 32.7 Å². The Balaban J connectivity index is 0.00000128. The predicted molar refractivity (Wildman–Crippen MR) is 56.0 cm³/mol. The van der Waals surface area contributed by atoms with Crippen LogP contribution in [0.15, 0.2) is 18.2 Å². The van der Waals surface area contributed by atoms with Crippen molar-refractivity contribution in [1.82, 2.24) is 5.48 Å². The van der Waals surface area contributed by atoms with Gasteiger partial charge in [0.05, 0.1) is 0 Å². The first-order valence-corrected chi connectivity index (χ1v) is 4.94. The monoisotopic (exact) mass is 294 g/mol. The van der Waals surface area contributed by atoms with Crippen molar-refractivity contribution in [3.63, 3.8) is 0 Å². The van der Waals surface area contributed by atoms with Gasteiger partial charge < -0.3 is 5.32 Å². The smallest absolute Gasteiger partial charge is 0.274 e. The molecule has 4 nitrogen and oxygen atoms in total. The summed E-state index contributed by atoms with van der Waals surface area (Å²) < 4.78 is 0. The van der Waals surface area contributed by atoms with E-state index in [4.69, 9.17) is 5.21 Å². The average molecular weight is 294 g/mol. The van der Waals surface area contributed by atoms with E-state index < -0.39 is 5.91 Å². The van der Waals surface area contributed by atoms with E-state index in [0.29, 0.717) is 11.6 Å². The molecular formula is C11H13N2O2Y-. The molecule has 0 aliphatic carbocycles. The molecule has 1 atom stereocenters. The summed E-state index contributed by atoms with van der Waals surface area (Å²) in [4.78, 5) is 11.1. The van der Waals surface area contributed by atoms with Crippen molar-refractivity contribution in [1.29, 1.82) is 0 Å². The molecule has 16 heavy (non-hydrogen) atoms. The number of hydrogen-bond donors (Lipinski definition) is 2. The third kappa shape index (κ3) is 2.69. The molecule has 83 valence electrons. The summed E-state index contributed by atoms with van der Waals surface area (Å²) >= 11 is 0. The Morgan fingerprint density at radius 2 is 2.25 bits per heavy atom. The summed E-state index contributed by atoms with van der Waals surface area (Å²) in [5, 5.41) is 12.8. The second kappa shape index (κ2) is 5.87. The summed E-state index contributed by atoms with van der Waals surface area (Å²) in [7, 11) is 0. The Morgan fingerprint density at radius 3 is 2.69 bits per heavy atom. The van der Waals surface area contributed by atoms with Crippen molar-refractivity contribution in [2.24, 2.45) is 0 Å². The molecule has 2 N–H and O–H groups in total. The molecule has 1 aliphatic rings. The second-order valence-electron chi connectivity index (χ2n) is 3.72. The molecule has 1 heterocycles. The first-order chi connectivity index (χ1) is 7.22. The zero-order chi connectivity index (χ0) is 10.8. The minimum Gasteiger partial charge on any atom is -0.656 e. The van der Waals surface area contributed by atoms with Gasteiger partial charge in [0.1, 0.15) is 0 Å². The van der Waals surface area contributed by atoms with Gasteiger partial charge in [-0.1, -0.05) is 18.1 Å². The normalized spacial score (nSPS) is 18.2. The fourth-order valence-corrected chi connectivity index (χ4v) is 1.77. The number of hydrogen-bond acceptors (Lipinski definition) is 2. The second-order valence-corrected chi connectivity index (χ2v) is 3.72. The molecule has 1 aromatic carbocycles. The summed E-state index contributed by atoms with van der Waals surface area (Å²) in [6, 6.07) is 5.69. The molecule has 5 heteroatoms. The molecule has 1 aromatic rings. The van der Waals surface area contributed by atoms with Crippen molar-refractivity contribution in [2.75, 3.05) is 6.54 Å². The Hall–Kier alpha value is -0.286. The van der Waals surface area contributed by atoms with Gasteiger partial charge in [-0.15, -0.1) is 12.6 Å².